The molecule has 1 fully saturated rings. The molecule has 0 aliphatic heterocycles. The van der Waals surface area contributed by atoms with Crippen LogP contribution in [0.4, 0.5) is 0 Å². The van der Waals surface area contributed by atoms with Crippen LogP contribution in [0.5, 0.6) is 34.5 Å². The lowest BCUT2D eigenvalue weighted by Gasteiger charge is -2.34. The molecule has 1 saturated carbocycles. The van der Waals surface area contributed by atoms with Crippen LogP contribution in [-0.4, -0.2) is 67.7 Å². The minimum absolute atomic E-state index is 0.186. The van der Waals surface area contributed by atoms with Gasteiger partial charge in [0.25, 0.3) is 0 Å². The van der Waals surface area contributed by atoms with Gasteiger partial charge in [-0.05, 0) is 248 Å². The highest BCUT2D eigenvalue weighted by Gasteiger charge is 2.33. The molecule has 0 bridgehead atoms. The molecule has 2 aromatic heterocycles. The summed E-state index contributed by atoms with van der Waals surface area (Å²) in [5.41, 5.74) is 8.01. The maximum Gasteiger partial charge on any atom is 0.343 e. The van der Waals surface area contributed by atoms with Crippen molar-refractivity contribution in [3.05, 3.63) is 153 Å². The zero-order valence-electron chi connectivity index (χ0n) is 59.3. The first-order valence-corrected chi connectivity index (χ1v) is 44.5. The maximum absolute atomic E-state index is 14.0. The van der Waals surface area contributed by atoms with Crippen molar-refractivity contribution in [3.8, 4) is 34.5 Å². The van der Waals surface area contributed by atoms with E-state index in [0.29, 0.717) is 67.3 Å². The Kier molecular flexibility index (Phi) is 29.1. The van der Waals surface area contributed by atoms with Crippen LogP contribution < -0.4 is 28.4 Å². The highest BCUT2D eigenvalue weighted by atomic mass is 32.1. The number of thiophene rings is 2. The molecule has 0 spiro atoms. The van der Waals surface area contributed by atoms with Gasteiger partial charge in [-0.25, -0.2) is 9.59 Å². The monoisotopic (exact) mass is 1370 g/mol. The third-order valence-electron chi connectivity index (χ3n) is 19.1. The second-order valence-corrected chi connectivity index (χ2v) is 39.3. The van der Waals surface area contributed by atoms with E-state index in [1.807, 2.05) is 71.2 Å². The first kappa shape index (κ1) is 74.1. The lowest BCUT2D eigenvalue weighted by molar-refractivity contribution is 0.0191. The Labute approximate surface area is 585 Å². The maximum atomic E-state index is 14.0. The van der Waals surface area contributed by atoms with Crippen LogP contribution in [0.1, 0.15) is 227 Å². The van der Waals surface area contributed by atoms with E-state index in [9.17, 15) is 9.59 Å². The molecule has 0 N–H and O–H groups in total. The predicted molar refractivity (Wildman–Crippen MR) is 406 cm³/mol. The molecule has 0 saturated heterocycles. The van der Waals surface area contributed by atoms with Gasteiger partial charge >= 0.3 is 11.9 Å². The van der Waals surface area contributed by atoms with E-state index in [0.717, 1.165) is 126 Å². The fraction of sp³-hybridized carbons (Fsp3) is 0.512. The Balaban J connectivity index is 0.691. The van der Waals surface area contributed by atoms with Crippen molar-refractivity contribution in [1.82, 2.24) is 0 Å². The summed E-state index contributed by atoms with van der Waals surface area (Å²) in [6, 6.07) is 36.2. The van der Waals surface area contributed by atoms with Crippen molar-refractivity contribution in [2.24, 2.45) is 0 Å². The number of ether oxygens (including phenoxy) is 7. The van der Waals surface area contributed by atoms with Crippen molar-refractivity contribution in [3.63, 3.8) is 0 Å². The molecule has 518 valence electrons. The van der Waals surface area contributed by atoms with Crippen molar-refractivity contribution in [2.45, 2.75) is 239 Å². The predicted octanol–water partition coefficient (Wildman–Crippen LogP) is 24.2. The van der Waals surface area contributed by atoms with Crippen LogP contribution in [0.2, 0.25) is 38.3 Å². The largest absolute Gasteiger partial charge is 0.494 e. The van der Waals surface area contributed by atoms with Crippen molar-refractivity contribution in [1.29, 1.82) is 0 Å². The summed E-state index contributed by atoms with van der Waals surface area (Å²) in [6.45, 7) is 25.6. The van der Waals surface area contributed by atoms with E-state index < -0.39 is 22.6 Å². The second kappa shape index (κ2) is 37.7. The fourth-order valence-corrected chi connectivity index (χ4v) is 25.2. The number of aryl methyl sites for hydroxylation is 2. The lowest BCUT2D eigenvalue weighted by Crippen LogP contribution is -2.44. The SMILES string of the molecule is C=CCCOc1ccc2c(C3=C(c4c(C)sc5cc(OCCCC[Si](C)(C)O[Si](C)(C)CCCCCOc6cc(OCCCCCCCC)ccc6C(=O)OC6CCC(c7ccc(OC(=O)c8ccc(OCCCCCCCC)cc8)cc7)CC6)ccc45)CCC3)c(C)sc2c1. The summed E-state index contributed by atoms with van der Waals surface area (Å²) in [5, 5.41) is 2.68. The molecular formula is C82H110O10S2Si2. The molecule has 5 aromatic carbocycles. The number of esters is 2. The zero-order chi connectivity index (χ0) is 67.7. The number of allylic oxidation sites excluding steroid dienone is 2. The number of fused-ring (bicyclic) bond motifs is 2. The van der Waals surface area contributed by atoms with Gasteiger partial charge in [-0.2, -0.15) is 0 Å². The first-order chi connectivity index (χ1) is 46.6. The molecule has 2 aliphatic rings. The molecule has 0 amide bonds. The van der Waals surface area contributed by atoms with Crippen LogP contribution in [0, 0.1) is 13.8 Å². The van der Waals surface area contributed by atoms with Crippen LogP contribution in [0.3, 0.4) is 0 Å². The van der Waals surface area contributed by atoms with Gasteiger partial charge in [0.2, 0.25) is 0 Å². The third kappa shape index (κ3) is 22.2. The molecule has 0 unspecified atom stereocenters. The van der Waals surface area contributed by atoms with Gasteiger partial charge in [0, 0.05) is 36.0 Å². The first-order valence-electron chi connectivity index (χ1n) is 36.6. The van der Waals surface area contributed by atoms with Gasteiger partial charge in [0.15, 0.2) is 16.6 Å². The molecule has 7 aromatic rings. The van der Waals surface area contributed by atoms with Gasteiger partial charge in [0.1, 0.15) is 46.2 Å². The quantitative estimate of drug-likeness (QED) is 0.0121. The zero-order valence-corrected chi connectivity index (χ0v) is 62.9. The molecule has 0 radical (unpaired) electrons. The summed E-state index contributed by atoms with van der Waals surface area (Å²) in [4.78, 5) is 29.8. The highest BCUT2D eigenvalue weighted by molar-refractivity contribution is 7.19. The second-order valence-electron chi connectivity index (χ2n) is 28.0. The Hall–Kier alpha value is -6.17. The normalized spacial score (nSPS) is 15.1. The number of hydrogen-bond donors (Lipinski definition) is 0. The van der Waals surface area contributed by atoms with Crippen molar-refractivity contribution < 1.29 is 46.9 Å². The van der Waals surface area contributed by atoms with Crippen LogP contribution >= 0.6 is 22.7 Å². The number of unbranched alkanes of at least 4 members (excludes halogenated alkanes) is 13. The van der Waals surface area contributed by atoms with Crippen LogP contribution in [0.15, 0.2) is 116 Å². The Morgan fingerprint density at radius 3 is 1.52 bits per heavy atom. The van der Waals surface area contributed by atoms with Gasteiger partial charge in [-0.3, -0.25) is 0 Å². The summed E-state index contributed by atoms with van der Waals surface area (Å²) in [7, 11) is -3.81. The van der Waals surface area contributed by atoms with E-state index in [2.05, 4.69) is 109 Å². The molecule has 2 heterocycles. The summed E-state index contributed by atoms with van der Waals surface area (Å²) in [5.74, 6) is 3.96. The minimum atomic E-state index is -1.91. The smallest absolute Gasteiger partial charge is 0.343 e. The molecule has 14 heteroatoms. The van der Waals surface area contributed by atoms with Crippen molar-refractivity contribution in [2.75, 3.05) is 33.0 Å². The number of hydrogen-bond acceptors (Lipinski definition) is 12. The van der Waals surface area contributed by atoms with Gasteiger partial charge < -0.3 is 37.3 Å². The topological polar surface area (TPSA) is 108 Å². The number of carbonyl (C=O) groups is 2. The Bertz CT molecular complexity index is 3610. The Morgan fingerprint density at radius 2 is 0.958 bits per heavy atom. The third-order valence-corrected chi connectivity index (χ3v) is 28.7. The van der Waals surface area contributed by atoms with E-state index in [4.69, 9.17) is 37.3 Å². The lowest BCUT2D eigenvalue weighted by atomic mass is 9.83. The number of carbonyl (C=O) groups excluding carboxylic acids is 2. The van der Waals surface area contributed by atoms with E-state index in [1.54, 1.807) is 12.1 Å². The fourth-order valence-electron chi connectivity index (χ4n) is 14.0. The molecule has 9 rings (SSSR count). The molecule has 0 atom stereocenters. The molecule has 10 nitrogen and oxygen atoms in total. The average Bonchev–Trinajstić information content (AvgIpc) is 1.64. The summed E-state index contributed by atoms with van der Waals surface area (Å²) in [6.07, 6.45) is 28.7. The van der Waals surface area contributed by atoms with Gasteiger partial charge in [-0.15, -0.1) is 29.3 Å². The van der Waals surface area contributed by atoms with E-state index >= 15 is 0 Å². The van der Waals surface area contributed by atoms with Crippen LogP contribution in [0.25, 0.3) is 31.3 Å². The highest BCUT2D eigenvalue weighted by Crippen LogP contribution is 2.50. The Morgan fingerprint density at radius 1 is 0.500 bits per heavy atom. The summed E-state index contributed by atoms with van der Waals surface area (Å²) < 4.78 is 52.8. The van der Waals surface area contributed by atoms with Crippen molar-refractivity contribution >= 4 is 82.6 Å². The molecule has 96 heavy (non-hydrogen) atoms. The van der Waals surface area contributed by atoms with Crippen LogP contribution in [-0.2, 0) is 8.85 Å². The minimum Gasteiger partial charge on any atom is -0.494 e. The van der Waals surface area contributed by atoms with E-state index in [1.165, 1.54) is 122 Å². The summed E-state index contributed by atoms with van der Waals surface area (Å²) >= 11 is 3.78. The van der Waals surface area contributed by atoms with E-state index in [-0.39, 0.29) is 12.1 Å². The van der Waals surface area contributed by atoms with Gasteiger partial charge in [-0.1, -0.05) is 116 Å². The molecular weight excluding hydrogens is 1270 g/mol. The van der Waals surface area contributed by atoms with Gasteiger partial charge in [0.05, 0.1) is 38.6 Å². The number of rotatable bonds is 42. The molecule has 2 aliphatic carbocycles. The average molecular weight is 1380 g/mol. The standard InChI is InChI=1S/C82H110O10S2Si2/c1-10-13-16-18-20-23-51-85-65-38-36-64(37-39-65)81(83)90-66-40-32-62(33-41-66)63-34-42-67(43-35-63)91-82(84)73-47-44-68(87-52-24-21-19-17-14-11-2)57-76(73)89-54-25-22-27-55-95(6,7)92-96(8,9)56-28-26-53-88-70-46-49-75-78(59-70)94-61(5)80(75)72-31-29-30-71(72)79-60(4)93-77-58-69(45-48-74(77)79)86-50-15-12-3/h12,32-33,36-41,44-49,57-59,63,67H,3,10-11,13-31,34-35,42-43,50-56H2,1-2,4-9H3. The number of benzene rings is 5.